The number of carbonyl (C=O) groups is 1. The molecule has 0 radical (unpaired) electrons. The van der Waals surface area contributed by atoms with E-state index in [2.05, 4.69) is 5.32 Å². The summed E-state index contributed by atoms with van der Waals surface area (Å²) in [6.07, 6.45) is 6.18. The third-order valence-corrected chi connectivity index (χ3v) is 5.36. The molecule has 20 heavy (non-hydrogen) atoms. The van der Waals surface area contributed by atoms with Gasteiger partial charge in [-0.1, -0.05) is 12.2 Å². The molecule has 0 aromatic carbocycles. The highest BCUT2D eigenvalue weighted by Crippen LogP contribution is 2.56. The van der Waals surface area contributed by atoms with Crippen molar-refractivity contribution in [1.82, 2.24) is 5.32 Å². The monoisotopic (exact) mass is 298 g/mol. The van der Waals surface area contributed by atoms with Gasteiger partial charge in [0.1, 0.15) is 5.60 Å². The Kier molecular flexibility index (Phi) is 4.02. The first-order valence-electron chi connectivity index (χ1n) is 7.43. The zero-order chi connectivity index (χ0) is 15.0. The molecule has 3 fully saturated rings. The van der Waals surface area contributed by atoms with Gasteiger partial charge in [0, 0.05) is 12.0 Å². The normalized spacial score (nSPS) is 32.8. The number of hydrogen-bond donors (Lipinski definition) is 2. The summed E-state index contributed by atoms with van der Waals surface area (Å²) in [6, 6.07) is 0. The first-order chi connectivity index (χ1) is 9.17. The van der Waals surface area contributed by atoms with Gasteiger partial charge in [-0.25, -0.2) is 4.79 Å². The Bertz CT molecular complexity index is 390. The fourth-order valence-corrected chi connectivity index (χ4v) is 3.78. The summed E-state index contributed by atoms with van der Waals surface area (Å²) in [5, 5.41) is 2.94. The van der Waals surface area contributed by atoms with Crippen LogP contribution in [0.15, 0.2) is 0 Å². The van der Waals surface area contributed by atoms with Crippen molar-refractivity contribution in [2.45, 2.75) is 64.9 Å². The van der Waals surface area contributed by atoms with Crippen LogP contribution in [-0.2, 0) is 4.74 Å². The van der Waals surface area contributed by atoms with Gasteiger partial charge < -0.3 is 15.8 Å². The quantitative estimate of drug-likeness (QED) is 0.786. The predicted octanol–water partition coefficient (Wildman–Crippen LogP) is 3.14. The number of fused-ring (bicyclic) bond motifs is 3. The summed E-state index contributed by atoms with van der Waals surface area (Å²) in [7, 11) is 0. The van der Waals surface area contributed by atoms with E-state index in [-0.39, 0.29) is 16.9 Å². The van der Waals surface area contributed by atoms with Crippen LogP contribution in [0.5, 0.6) is 0 Å². The van der Waals surface area contributed by atoms with E-state index in [0.29, 0.717) is 11.5 Å². The molecule has 3 aliphatic carbocycles. The highest BCUT2D eigenvalue weighted by molar-refractivity contribution is 7.80. The summed E-state index contributed by atoms with van der Waals surface area (Å²) in [5.41, 5.74) is 5.80. The zero-order valence-electron chi connectivity index (χ0n) is 12.8. The number of rotatable bonds is 3. The maximum atomic E-state index is 11.8. The Morgan fingerprint density at radius 3 is 2.10 bits per heavy atom. The minimum Gasteiger partial charge on any atom is -0.444 e. The van der Waals surface area contributed by atoms with E-state index in [0.717, 1.165) is 38.5 Å². The summed E-state index contributed by atoms with van der Waals surface area (Å²) < 4.78 is 5.30. The number of nitrogens with one attached hydrogen (secondary N) is 1. The first-order valence-corrected chi connectivity index (χ1v) is 7.84. The van der Waals surface area contributed by atoms with Crippen LogP contribution in [0.3, 0.4) is 0 Å². The molecule has 3 N–H and O–H groups in total. The van der Waals surface area contributed by atoms with Crippen molar-refractivity contribution in [2.24, 2.45) is 16.6 Å². The number of alkyl carbamates (subject to hydrolysis) is 1. The smallest absolute Gasteiger partial charge is 0.407 e. The number of carbonyl (C=O) groups excluding carboxylic acids is 1. The third-order valence-electron chi connectivity index (χ3n) is 4.93. The van der Waals surface area contributed by atoms with Crippen molar-refractivity contribution >= 4 is 23.3 Å². The molecule has 114 valence electrons. The molecular formula is C15H26N2O2S. The predicted molar refractivity (Wildman–Crippen MR) is 83.6 cm³/mol. The van der Waals surface area contributed by atoms with E-state index in [9.17, 15) is 4.79 Å². The van der Waals surface area contributed by atoms with E-state index in [4.69, 9.17) is 22.7 Å². The molecule has 2 bridgehead atoms. The summed E-state index contributed by atoms with van der Waals surface area (Å²) in [6.45, 7) is 6.34. The largest absolute Gasteiger partial charge is 0.444 e. The molecular weight excluding hydrogens is 272 g/mol. The van der Waals surface area contributed by atoms with Crippen LogP contribution >= 0.6 is 12.2 Å². The van der Waals surface area contributed by atoms with Gasteiger partial charge >= 0.3 is 6.09 Å². The van der Waals surface area contributed by atoms with Crippen LogP contribution < -0.4 is 11.1 Å². The van der Waals surface area contributed by atoms with Gasteiger partial charge in [-0.2, -0.15) is 0 Å². The number of hydrogen-bond acceptors (Lipinski definition) is 3. The minimum absolute atomic E-state index is 0.100. The van der Waals surface area contributed by atoms with Crippen molar-refractivity contribution in [1.29, 1.82) is 0 Å². The van der Waals surface area contributed by atoms with Gasteiger partial charge in [-0.05, 0) is 64.7 Å². The summed E-state index contributed by atoms with van der Waals surface area (Å²) >= 11 is 5.24. The van der Waals surface area contributed by atoms with Crippen LogP contribution in [0.1, 0.15) is 59.3 Å². The second kappa shape index (κ2) is 5.17. The van der Waals surface area contributed by atoms with Gasteiger partial charge in [0.25, 0.3) is 0 Å². The fourth-order valence-electron chi connectivity index (χ4n) is 3.47. The van der Waals surface area contributed by atoms with Crippen LogP contribution in [0, 0.1) is 10.8 Å². The van der Waals surface area contributed by atoms with E-state index in [1.165, 1.54) is 0 Å². The zero-order valence-corrected chi connectivity index (χ0v) is 13.6. The highest BCUT2D eigenvalue weighted by Gasteiger charge is 2.50. The number of ether oxygens (including phenoxy) is 1. The SMILES string of the molecule is CC(C)(C)OC(=O)NC[C@]12CC[C@](C(N)=S)(CC1)CC2. The van der Waals surface area contributed by atoms with Crippen LogP contribution in [0.2, 0.25) is 0 Å². The highest BCUT2D eigenvalue weighted by atomic mass is 32.1. The molecule has 0 aliphatic heterocycles. The lowest BCUT2D eigenvalue weighted by atomic mass is 9.53. The van der Waals surface area contributed by atoms with Crippen molar-refractivity contribution in [3.8, 4) is 0 Å². The van der Waals surface area contributed by atoms with Gasteiger partial charge in [0.2, 0.25) is 0 Å². The molecule has 1 amide bonds. The van der Waals surface area contributed by atoms with E-state index in [1.54, 1.807) is 0 Å². The van der Waals surface area contributed by atoms with E-state index < -0.39 is 5.60 Å². The van der Waals surface area contributed by atoms with Gasteiger partial charge in [0.05, 0.1) is 4.99 Å². The number of amides is 1. The third kappa shape index (κ3) is 3.25. The molecule has 3 rings (SSSR count). The second-order valence-corrected chi connectivity index (χ2v) is 7.94. The van der Waals surface area contributed by atoms with Crippen LogP contribution in [-0.4, -0.2) is 23.2 Å². The number of thiocarbonyl (C=S) groups is 1. The maximum Gasteiger partial charge on any atom is 0.407 e. The molecule has 0 heterocycles. The molecule has 3 aliphatic rings. The van der Waals surface area contributed by atoms with Gasteiger partial charge in [0.15, 0.2) is 0 Å². The minimum atomic E-state index is -0.443. The molecule has 0 aromatic heterocycles. The fraction of sp³-hybridized carbons (Fsp3) is 0.867. The second-order valence-electron chi connectivity index (χ2n) is 7.50. The lowest BCUT2D eigenvalue weighted by molar-refractivity contribution is 0.0223. The number of nitrogens with two attached hydrogens (primary N) is 1. The lowest BCUT2D eigenvalue weighted by Crippen LogP contribution is -2.51. The molecule has 0 spiro atoms. The maximum absolute atomic E-state index is 11.8. The molecule has 0 atom stereocenters. The topological polar surface area (TPSA) is 64.3 Å². The van der Waals surface area contributed by atoms with Crippen molar-refractivity contribution in [3.05, 3.63) is 0 Å². The lowest BCUT2D eigenvalue weighted by Gasteiger charge is -2.53. The van der Waals surface area contributed by atoms with Crippen LogP contribution in [0.4, 0.5) is 4.79 Å². The van der Waals surface area contributed by atoms with Crippen molar-refractivity contribution in [2.75, 3.05) is 6.54 Å². The molecule has 0 unspecified atom stereocenters. The van der Waals surface area contributed by atoms with E-state index >= 15 is 0 Å². The molecule has 3 saturated carbocycles. The Balaban J connectivity index is 1.87. The standard InChI is InChI=1S/C15H26N2O2S/c1-13(2,3)19-12(18)17-10-14-4-7-15(8-5-14,9-6-14)11(16)20/h4-10H2,1-3H3,(H2,16,20)(H,17,18)/t14-,15+. The van der Waals surface area contributed by atoms with Crippen molar-refractivity contribution in [3.63, 3.8) is 0 Å². The van der Waals surface area contributed by atoms with E-state index in [1.807, 2.05) is 20.8 Å². The van der Waals surface area contributed by atoms with Crippen molar-refractivity contribution < 1.29 is 9.53 Å². The van der Waals surface area contributed by atoms with Gasteiger partial charge in [-0.15, -0.1) is 0 Å². The summed E-state index contributed by atoms with van der Waals surface area (Å²) in [5.74, 6) is 0. The van der Waals surface area contributed by atoms with Crippen LogP contribution in [0.25, 0.3) is 0 Å². The Hall–Kier alpha value is -0.840. The molecule has 5 heteroatoms. The Labute approximate surface area is 126 Å². The first kappa shape index (κ1) is 15.5. The average Bonchev–Trinajstić information content (AvgIpc) is 2.37. The Morgan fingerprint density at radius 2 is 1.70 bits per heavy atom. The molecule has 0 saturated heterocycles. The summed E-state index contributed by atoms with van der Waals surface area (Å²) in [4.78, 5) is 12.5. The Morgan fingerprint density at radius 1 is 1.20 bits per heavy atom. The molecule has 4 nitrogen and oxygen atoms in total. The average molecular weight is 298 g/mol. The molecule has 0 aromatic rings. The van der Waals surface area contributed by atoms with Gasteiger partial charge in [-0.3, -0.25) is 0 Å².